The van der Waals surface area contributed by atoms with Crippen molar-refractivity contribution in [2.75, 3.05) is 13.1 Å². The maximum Gasteiger partial charge on any atom is 0.261 e. The molecule has 2 unspecified atom stereocenters. The zero-order valence-corrected chi connectivity index (χ0v) is 40.1. The molecule has 2 aliphatic rings. The number of hydrogen-bond acceptors (Lipinski definition) is 4. The summed E-state index contributed by atoms with van der Waals surface area (Å²) in [6.45, 7) is 9.91. The number of carbonyl (C=O) groups is 4. The van der Waals surface area contributed by atoms with Gasteiger partial charge >= 0.3 is 0 Å². The van der Waals surface area contributed by atoms with Gasteiger partial charge < -0.3 is 0 Å². The van der Waals surface area contributed by atoms with E-state index in [0.29, 0.717) is 47.2 Å². The maximum absolute atomic E-state index is 14.4. The number of benzene rings is 5. The van der Waals surface area contributed by atoms with Gasteiger partial charge in [0.1, 0.15) is 0 Å². The van der Waals surface area contributed by atoms with Gasteiger partial charge in [0.05, 0.1) is 0 Å². The molecule has 0 aromatic heterocycles. The first kappa shape index (κ1) is 47.6. The van der Waals surface area contributed by atoms with Crippen LogP contribution in [0.15, 0.2) is 48.5 Å². The van der Waals surface area contributed by atoms with E-state index in [1.54, 1.807) is 0 Å². The Morgan fingerprint density at radius 3 is 0.844 bits per heavy atom. The van der Waals surface area contributed by atoms with E-state index in [-0.39, 0.29) is 23.6 Å². The smallest absolute Gasteiger partial charge is 0.261 e. The van der Waals surface area contributed by atoms with Crippen LogP contribution in [0.1, 0.15) is 236 Å². The largest absolute Gasteiger partial charge is 0.274 e. The third-order valence-corrected chi connectivity index (χ3v) is 15.2. The first-order valence-corrected chi connectivity index (χ1v) is 26.3. The quantitative estimate of drug-likeness (QED) is 0.0199. The van der Waals surface area contributed by atoms with Gasteiger partial charge in [0.25, 0.3) is 23.6 Å². The molecule has 0 radical (unpaired) electrons. The fourth-order valence-electron chi connectivity index (χ4n) is 11.4. The second-order valence-electron chi connectivity index (χ2n) is 19.8. The lowest BCUT2D eigenvalue weighted by molar-refractivity contribution is 0.0584. The van der Waals surface area contributed by atoms with Gasteiger partial charge in [-0.05, 0) is 81.3 Å². The maximum atomic E-state index is 14.4. The summed E-state index contributed by atoms with van der Waals surface area (Å²) < 4.78 is 0. The van der Waals surface area contributed by atoms with Crippen molar-refractivity contribution in [1.29, 1.82) is 0 Å². The number of fused-ring (bicyclic) bond motifs is 2. The Balaban J connectivity index is 1.12. The zero-order valence-electron chi connectivity index (χ0n) is 40.1. The molecule has 2 aliphatic heterocycles. The van der Waals surface area contributed by atoms with Gasteiger partial charge in [0.15, 0.2) is 0 Å². The number of unbranched alkanes of at least 4 members (excludes halogenated alkanes) is 16. The third kappa shape index (κ3) is 10.4. The average Bonchev–Trinajstić information content (AvgIpc) is 3.31. The van der Waals surface area contributed by atoms with Crippen LogP contribution in [0.25, 0.3) is 43.1 Å². The molecule has 7 rings (SSSR count). The Kier molecular flexibility index (Phi) is 17.3. The zero-order chi connectivity index (χ0) is 45.0. The first-order chi connectivity index (χ1) is 31.3. The van der Waals surface area contributed by atoms with Crippen LogP contribution in [0, 0.1) is 11.8 Å². The van der Waals surface area contributed by atoms with E-state index in [2.05, 4.69) is 27.7 Å². The number of imide groups is 2. The molecule has 0 saturated carbocycles. The van der Waals surface area contributed by atoms with Crippen molar-refractivity contribution in [2.45, 2.75) is 195 Å². The Bertz CT molecular complexity index is 2090. The Morgan fingerprint density at radius 2 is 0.562 bits per heavy atom. The van der Waals surface area contributed by atoms with Crippen LogP contribution < -0.4 is 0 Å². The summed E-state index contributed by atoms with van der Waals surface area (Å²) >= 11 is 0. The van der Waals surface area contributed by atoms with Crippen LogP contribution in [0.5, 0.6) is 0 Å². The van der Waals surface area contributed by atoms with Gasteiger partial charge in [-0.15, -0.1) is 0 Å². The normalized spacial score (nSPS) is 15.0. The molecule has 5 aromatic rings. The van der Waals surface area contributed by atoms with E-state index in [9.17, 15) is 19.2 Å². The highest BCUT2D eigenvalue weighted by molar-refractivity contribution is 6.41. The van der Waals surface area contributed by atoms with Gasteiger partial charge in [-0.25, -0.2) is 0 Å². The number of carbonyl (C=O) groups excluding carboxylic acids is 4. The molecular formula is C58H78N2O4. The molecule has 2 heterocycles. The molecule has 4 amide bonds. The summed E-state index contributed by atoms with van der Waals surface area (Å²) in [6.07, 6.45) is 31.5. The topological polar surface area (TPSA) is 74.8 Å². The minimum absolute atomic E-state index is 0.201. The summed E-state index contributed by atoms with van der Waals surface area (Å²) in [6, 6.07) is 15.8. The lowest BCUT2D eigenvalue weighted by Gasteiger charge is -2.31. The van der Waals surface area contributed by atoms with Crippen molar-refractivity contribution in [3.8, 4) is 0 Å². The Labute approximate surface area is 384 Å². The molecular weight excluding hydrogens is 789 g/mol. The Hall–Kier alpha value is -4.32. The summed E-state index contributed by atoms with van der Waals surface area (Å²) in [5.41, 5.74) is 2.34. The van der Waals surface area contributed by atoms with Gasteiger partial charge in [0.2, 0.25) is 0 Å². The molecule has 0 spiro atoms. The van der Waals surface area contributed by atoms with E-state index in [0.717, 1.165) is 81.6 Å². The van der Waals surface area contributed by atoms with Crippen molar-refractivity contribution in [3.05, 3.63) is 70.8 Å². The van der Waals surface area contributed by atoms with Crippen molar-refractivity contribution in [3.63, 3.8) is 0 Å². The van der Waals surface area contributed by atoms with E-state index in [4.69, 9.17) is 0 Å². The molecule has 6 heteroatoms. The van der Waals surface area contributed by atoms with Gasteiger partial charge in [-0.2, -0.15) is 0 Å². The lowest BCUT2D eigenvalue weighted by atomic mass is 9.82. The highest BCUT2D eigenvalue weighted by Gasteiger charge is 2.37. The Morgan fingerprint density at radius 1 is 0.312 bits per heavy atom. The SMILES string of the molecule is CCCCCCCCC(CCCCCC)CCN1C(=O)c2ccc3c4ccc5c6c(ccc(c7ccc(c2c37)C1=O)c64)C(=O)N(CCC(CCCCCC)CCCCCCCC)C5=O. The minimum atomic E-state index is -0.201. The molecule has 0 saturated heterocycles. The summed E-state index contributed by atoms with van der Waals surface area (Å²) in [5.74, 6) is 0.219. The fourth-order valence-corrected chi connectivity index (χ4v) is 11.4. The molecule has 0 N–H and O–H groups in total. The van der Waals surface area contributed by atoms with Crippen LogP contribution >= 0.6 is 0 Å². The van der Waals surface area contributed by atoms with E-state index >= 15 is 0 Å². The van der Waals surface area contributed by atoms with Crippen LogP contribution in [0.4, 0.5) is 0 Å². The second kappa shape index (κ2) is 23.2. The molecule has 0 bridgehead atoms. The molecule has 2 atom stereocenters. The van der Waals surface area contributed by atoms with Crippen LogP contribution in [0.2, 0.25) is 0 Å². The van der Waals surface area contributed by atoms with E-state index < -0.39 is 0 Å². The van der Waals surface area contributed by atoms with E-state index in [1.807, 2.05) is 48.5 Å². The summed E-state index contributed by atoms with van der Waals surface area (Å²) in [4.78, 5) is 60.6. The minimum Gasteiger partial charge on any atom is -0.274 e. The third-order valence-electron chi connectivity index (χ3n) is 15.2. The van der Waals surface area contributed by atoms with Gasteiger partial charge in [-0.1, -0.05) is 206 Å². The van der Waals surface area contributed by atoms with Crippen LogP contribution in [0.3, 0.4) is 0 Å². The molecule has 0 fully saturated rings. The monoisotopic (exact) mass is 867 g/mol. The number of hydrogen-bond donors (Lipinski definition) is 0. The molecule has 6 nitrogen and oxygen atoms in total. The number of rotatable bonds is 30. The molecule has 344 valence electrons. The van der Waals surface area contributed by atoms with Gasteiger partial charge in [0, 0.05) is 46.1 Å². The average molecular weight is 867 g/mol. The van der Waals surface area contributed by atoms with Crippen molar-refractivity contribution in [1.82, 2.24) is 9.80 Å². The van der Waals surface area contributed by atoms with Crippen LogP contribution in [-0.4, -0.2) is 46.5 Å². The van der Waals surface area contributed by atoms with Crippen molar-refractivity contribution < 1.29 is 19.2 Å². The predicted octanol–water partition coefficient (Wildman–Crippen LogP) is 16.4. The number of amides is 4. The first-order valence-electron chi connectivity index (χ1n) is 26.3. The summed E-state index contributed by atoms with van der Waals surface area (Å²) in [5, 5.41) is 7.04. The standard InChI is InChI=1S/C58H78N2O4/c1-5-9-13-17-19-23-27-41(25-21-15-11-7-3)37-39-59-55(61)47-33-29-43-45-31-35-49-54-50(36-32-46(52(45)54)44-30-34-48(56(59)62)53(47)51(43)44)58(64)60(57(49)63)40-38-42(26-22-16-12-8-4)28-24-20-18-14-10-6-2/h29-36,41-42H,5-28,37-40H2,1-4H3. The van der Waals surface area contributed by atoms with E-state index in [1.165, 1.54) is 138 Å². The molecule has 64 heavy (non-hydrogen) atoms. The highest BCUT2D eigenvalue weighted by Crippen LogP contribution is 2.46. The summed E-state index contributed by atoms with van der Waals surface area (Å²) in [7, 11) is 0. The van der Waals surface area contributed by atoms with Crippen molar-refractivity contribution in [2.24, 2.45) is 11.8 Å². The second-order valence-corrected chi connectivity index (χ2v) is 19.8. The molecule has 5 aromatic carbocycles. The van der Waals surface area contributed by atoms with Crippen LogP contribution in [-0.2, 0) is 0 Å². The fraction of sp³-hybridized carbons (Fsp3) is 0.586. The molecule has 0 aliphatic carbocycles. The predicted molar refractivity (Wildman–Crippen MR) is 268 cm³/mol. The lowest BCUT2D eigenvalue weighted by Crippen LogP contribution is -2.41. The number of nitrogens with zero attached hydrogens (tertiary/aromatic N) is 2. The van der Waals surface area contributed by atoms with Gasteiger partial charge in [-0.3, -0.25) is 29.0 Å². The van der Waals surface area contributed by atoms with Crippen molar-refractivity contribution >= 4 is 66.7 Å². The highest BCUT2D eigenvalue weighted by atomic mass is 16.2.